The number of imide groups is 1. The summed E-state index contributed by atoms with van der Waals surface area (Å²) in [6, 6.07) is 2.63. The molecule has 21 heavy (non-hydrogen) atoms. The topological polar surface area (TPSA) is 117 Å². The number of aromatic nitrogens is 1. The van der Waals surface area contributed by atoms with Gasteiger partial charge in [0, 0.05) is 6.20 Å². The first kappa shape index (κ1) is 14.6. The van der Waals surface area contributed by atoms with E-state index in [1.54, 1.807) is 0 Å². The highest BCUT2D eigenvalue weighted by atomic mass is 16.4. The van der Waals surface area contributed by atoms with E-state index in [2.05, 4.69) is 10.3 Å². The van der Waals surface area contributed by atoms with Crippen molar-refractivity contribution in [3.8, 4) is 0 Å². The summed E-state index contributed by atoms with van der Waals surface area (Å²) in [5, 5.41) is 11.2. The number of hydrogen-bond donors (Lipinski definition) is 2. The lowest BCUT2D eigenvalue weighted by Gasteiger charge is -2.39. The molecule has 1 saturated heterocycles. The van der Waals surface area contributed by atoms with Crippen molar-refractivity contribution >= 4 is 23.7 Å². The van der Waals surface area contributed by atoms with Crippen molar-refractivity contribution < 1.29 is 24.3 Å². The van der Waals surface area contributed by atoms with Crippen LogP contribution in [0.2, 0.25) is 0 Å². The Kier molecular flexibility index (Phi) is 3.46. The first-order valence-corrected chi connectivity index (χ1v) is 6.09. The summed E-state index contributed by atoms with van der Waals surface area (Å²) in [5.74, 6) is -3.33. The molecule has 2 N–H and O–H groups in total. The number of hydrogen-bond acceptors (Lipinski definition) is 5. The number of piperazine rings is 1. The number of nitrogens with one attached hydrogen (secondary N) is 1. The van der Waals surface area contributed by atoms with Gasteiger partial charge in [-0.25, -0.2) is 4.79 Å². The van der Waals surface area contributed by atoms with E-state index < -0.39 is 29.2 Å². The summed E-state index contributed by atoms with van der Waals surface area (Å²) < 4.78 is 0. The number of aromatic carboxylic acids is 1. The maximum atomic E-state index is 12.5. The van der Waals surface area contributed by atoms with Crippen LogP contribution in [-0.2, 0) is 9.59 Å². The van der Waals surface area contributed by atoms with Crippen molar-refractivity contribution in [3.05, 3.63) is 29.6 Å². The van der Waals surface area contributed by atoms with Gasteiger partial charge in [0.15, 0.2) is 0 Å². The monoisotopic (exact) mass is 291 g/mol. The van der Waals surface area contributed by atoms with Gasteiger partial charge in [-0.3, -0.25) is 24.7 Å². The fourth-order valence-corrected chi connectivity index (χ4v) is 1.98. The van der Waals surface area contributed by atoms with Gasteiger partial charge in [0.05, 0.1) is 5.56 Å². The molecule has 110 valence electrons. The van der Waals surface area contributed by atoms with E-state index in [1.165, 1.54) is 32.2 Å². The lowest BCUT2D eigenvalue weighted by molar-refractivity contribution is -0.143. The van der Waals surface area contributed by atoms with E-state index in [0.29, 0.717) is 0 Å². The molecular weight excluding hydrogens is 278 g/mol. The molecule has 1 aliphatic heterocycles. The molecule has 0 aromatic carbocycles. The van der Waals surface area contributed by atoms with Gasteiger partial charge in [-0.15, -0.1) is 0 Å². The Morgan fingerprint density at radius 3 is 2.67 bits per heavy atom. The smallest absolute Gasteiger partial charge is 0.338 e. The van der Waals surface area contributed by atoms with Crippen LogP contribution in [0.15, 0.2) is 18.3 Å². The molecular formula is C13H13N3O5. The Labute approximate surface area is 119 Å². The first-order valence-electron chi connectivity index (χ1n) is 6.09. The lowest BCUT2D eigenvalue weighted by Crippen LogP contribution is -2.65. The standard InChI is InChI=1S/C13H13N3O5/c1-13(2)12(21)15-8(17)6-16(13)10(18)9-7(11(19)20)4-3-5-14-9/h3-5H,6H2,1-2H3,(H,19,20)(H,15,17,21). The molecule has 1 aromatic rings. The molecule has 1 aliphatic rings. The van der Waals surface area contributed by atoms with Crippen molar-refractivity contribution in [1.82, 2.24) is 15.2 Å². The van der Waals surface area contributed by atoms with Crippen LogP contribution >= 0.6 is 0 Å². The Bertz CT molecular complexity index is 653. The zero-order valence-corrected chi connectivity index (χ0v) is 11.4. The predicted molar refractivity (Wildman–Crippen MR) is 69.5 cm³/mol. The largest absolute Gasteiger partial charge is 0.478 e. The number of rotatable bonds is 2. The molecule has 1 fully saturated rings. The van der Waals surface area contributed by atoms with Crippen LogP contribution in [0.25, 0.3) is 0 Å². The fraction of sp³-hybridized carbons (Fsp3) is 0.308. The minimum Gasteiger partial charge on any atom is -0.478 e. The molecule has 0 radical (unpaired) electrons. The Morgan fingerprint density at radius 1 is 1.38 bits per heavy atom. The van der Waals surface area contributed by atoms with E-state index in [9.17, 15) is 19.2 Å². The van der Waals surface area contributed by atoms with Gasteiger partial charge < -0.3 is 10.0 Å². The molecule has 1 aromatic heterocycles. The summed E-state index contributed by atoms with van der Waals surface area (Å²) in [6.07, 6.45) is 1.28. The van der Waals surface area contributed by atoms with Crippen LogP contribution < -0.4 is 5.32 Å². The molecule has 0 spiro atoms. The first-order chi connectivity index (χ1) is 9.75. The molecule has 8 heteroatoms. The van der Waals surface area contributed by atoms with Crippen LogP contribution in [-0.4, -0.2) is 50.8 Å². The summed E-state index contributed by atoms with van der Waals surface area (Å²) >= 11 is 0. The zero-order valence-electron chi connectivity index (χ0n) is 11.4. The summed E-state index contributed by atoms with van der Waals surface area (Å²) in [7, 11) is 0. The number of carboxylic acids is 1. The van der Waals surface area contributed by atoms with Gasteiger partial charge in [0.1, 0.15) is 17.8 Å². The van der Waals surface area contributed by atoms with E-state index >= 15 is 0 Å². The fourth-order valence-electron chi connectivity index (χ4n) is 1.98. The molecule has 3 amide bonds. The molecule has 0 bridgehead atoms. The number of carboxylic acid groups (broad SMARTS) is 1. The van der Waals surface area contributed by atoms with E-state index in [-0.39, 0.29) is 17.8 Å². The maximum Gasteiger partial charge on any atom is 0.338 e. The third-order valence-corrected chi connectivity index (χ3v) is 3.27. The van der Waals surface area contributed by atoms with Crippen LogP contribution in [0.1, 0.15) is 34.7 Å². The second-order valence-corrected chi connectivity index (χ2v) is 5.03. The van der Waals surface area contributed by atoms with Crippen LogP contribution in [0.4, 0.5) is 0 Å². The SMILES string of the molecule is CC1(C)C(=O)NC(=O)CN1C(=O)c1ncccc1C(=O)O. The molecule has 2 rings (SSSR count). The van der Waals surface area contributed by atoms with Crippen molar-refractivity contribution in [3.63, 3.8) is 0 Å². The average molecular weight is 291 g/mol. The zero-order chi connectivity index (χ0) is 15.8. The van der Waals surface area contributed by atoms with Gasteiger partial charge in [0.25, 0.3) is 11.8 Å². The molecule has 0 saturated carbocycles. The van der Waals surface area contributed by atoms with Crippen molar-refractivity contribution in [2.45, 2.75) is 19.4 Å². The van der Waals surface area contributed by atoms with E-state index in [0.717, 1.165) is 4.90 Å². The number of nitrogens with zero attached hydrogens (tertiary/aromatic N) is 2. The molecule has 0 unspecified atom stereocenters. The van der Waals surface area contributed by atoms with E-state index in [1.807, 2.05) is 0 Å². The number of amides is 3. The highest BCUT2D eigenvalue weighted by molar-refractivity contribution is 6.10. The van der Waals surface area contributed by atoms with Gasteiger partial charge in [-0.1, -0.05) is 0 Å². The molecule has 0 aliphatic carbocycles. The number of carbonyl (C=O) groups is 4. The van der Waals surface area contributed by atoms with Crippen molar-refractivity contribution in [2.24, 2.45) is 0 Å². The van der Waals surface area contributed by atoms with Crippen LogP contribution in [0.5, 0.6) is 0 Å². The average Bonchev–Trinajstić information content (AvgIpc) is 2.42. The highest BCUT2D eigenvalue weighted by Crippen LogP contribution is 2.21. The Hall–Kier alpha value is -2.77. The van der Waals surface area contributed by atoms with Gasteiger partial charge in [-0.05, 0) is 26.0 Å². The van der Waals surface area contributed by atoms with Crippen molar-refractivity contribution in [2.75, 3.05) is 6.54 Å². The van der Waals surface area contributed by atoms with Gasteiger partial charge >= 0.3 is 5.97 Å². The third kappa shape index (κ3) is 2.47. The minimum atomic E-state index is -1.31. The third-order valence-electron chi connectivity index (χ3n) is 3.27. The van der Waals surface area contributed by atoms with Crippen LogP contribution in [0.3, 0.4) is 0 Å². The quantitative estimate of drug-likeness (QED) is 0.720. The second kappa shape index (κ2) is 4.97. The van der Waals surface area contributed by atoms with Gasteiger partial charge in [0.2, 0.25) is 5.91 Å². The summed E-state index contributed by atoms with van der Waals surface area (Å²) in [6.45, 7) is 2.60. The normalized spacial score (nSPS) is 17.3. The molecule has 0 atom stereocenters. The molecule has 8 nitrogen and oxygen atoms in total. The second-order valence-electron chi connectivity index (χ2n) is 5.03. The van der Waals surface area contributed by atoms with Crippen LogP contribution in [0, 0.1) is 0 Å². The van der Waals surface area contributed by atoms with E-state index in [4.69, 9.17) is 5.11 Å². The maximum absolute atomic E-state index is 12.5. The summed E-state index contributed by atoms with van der Waals surface area (Å²) in [4.78, 5) is 51.7. The minimum absolute atomic E-state index is 0.281. The number of pyridine rings is 1. The van der Waals surface area contributed by atoms with Gasteiger partial charge in [-0.2, -0.15) is 0 Å². The highest BCUT2D eigenvalue weighted by Gasteiger charge is 2.44. The lowest BCUT2D eigenvalue weighted by atomic mass is 9.97. The summed E-state index contributed by atoms with van der Waals surface area (Å²) in [5.41, 5.74) is -1.87. The Balaban J connectivity index is 2.46. The molecule has 2 heterocycles. The van der Waals surface area contributed by atoms with Crippen molar-refractivity contribution in [1.29, 1.82) is 0 Å². The Morgan fingerprint density at radius 2 is 2.05 bits per heavy atom. The predicted octanol–water partition coefficient (Wildman–Crippen LogP) is -0.343. The number of carbonyl (C=O) groups excluding carboxylic acids is 3.